The number of halogens is 10. The molecule has 0 bridgehead atoms. The van der Waals surface area contributed by atoms with Crippen LogP contribution < -0.4 is 5.32 Å². The maximum atomic E-state index is 13.7. The number of carbonyl (C=O) groups is 2. The number of hydrogen-bond donors (Lipinski definition) is 2. The Hall–Kier alpha value is -2.15. The third kappa shape index (κ3) is 7.17. The first kappa shape index (κ1) is 31.9. The van der Waals surface area contributed by atoms with Gasteiger partial charge >= 0.3 is 51.3 Å². The summed E-state index contributed by atoms with van der Waals surface area (Å²) in [5, 5.41) is -4.77. The SMILES string of the molecule is C=C(C(=O)OC(OCCC(F)(F)C(F)(F)S(=O)(=O)O)(C(=O)NCCCC)C(F)(F)F)C(F)(F)F. The zero-order valence-corrected chi connectivity index (χ0v) is 17.6. The number of hydrogen-bond acceptors (Lipinski definition) is 6. The van der Waals surface area contributed by atoms with E-state index in [1.807, 2.05) is 0 Å². The molecular weight excluding hydrogens is 528 g/mol. The van der Waals surface area contributed by atoms with E-state index < -0.39 is 76.5 Å². The Morgan fingerprint density at radius 1 is 1.00 bits per heavy atom. The van der Waals surface area contributed by atoms with Crippen molar-refractivity contribution in [3.05, 3.63) is 12.2 Å². The van der Waals surface area contributed by atoms with Crippen molar-refractivity contribution in [1.82, 2.24) is 5.32 Å². The Labute approximate surface area is 185 Å². The molecule has 0 radical (unpaired) electrons. The number of alkyl halides is 10. The first-order chi connectivity index (χ1) is 15.0. The maximum Gasteiger partial charge on any atom is 0.466 e. The number of amides is 1. The molecule has 2 N–H and O–H groups in total. The van der Waals surface area contributed by atoms with E-state index in [1.54, 1.807) is 0 Å². The lowest BCUT2D eigenvalue weighted by Gasteiger charge is -2.34. The standard InChI is InChI=1S/C15H17F10NO7S/c1-3-4-6-26-10(28)12(14(21,22)23,33-9(27)8(2)13(18,19)20)32-7-5-11(16,17)15(24,25)34(29,30)31/h2-7H2,1H3,(H,26,28)(H,29,30,31). The minimum absolute atomic E-state index is 0.0263. The van der Waals surface area contributed by atoms with Gasteiger partial charge in [-0.1, -0.05) is 19.9 Å². The van der Waals surface area contributed by atoms with Gasteiger partial charge in [-0.15, -0.1) is 0 Å². The summed E-state index contributed by atoms with van der Waals surface area (Å²) in [6, 6.07) is 0. The summed E-state index contributed by atoms with van der Waals surface area (Å²) in [6.07, 6.45) is -14.4. The lowest BCUT2D eigenvalue weighted by atomic mass is 10.2. The van der Waals surface area contributed by atoms with E-state index in [2.05, 4.69) is 16.1 Å². The predicted molar refractivity (Wildman–Crippen MR) is 90.0 cm³/mol. The van der Waals surface area contributed by atoms with Gasteiger partial charge in [-0.3, -0.25) is 9.35 Å². The van der Waals surface area contributed by atoms with Crippen molar-refractivity contribution in [2.45, 2.75) is 55.5 Å². The lowest BCUT2D eigenvalue weighted by molar-refractivity contribution is -0.350. The van der Waals surface area contributed by atoms with Crippen LogP contribution in [0.4, 0.5) is 43.9 Å². The van der Waals surface area contributed by atoms with Crippen LogP contribution in [-0.2, 0) is 29.2 Å². The molecule has 0 heterocycles. The van der Waals surface area contributed by atoms with Crippen molar-refractivity contribution in [2.24, 2.45) is 0 Å². The molecule has 0 aliphatic carbocycles. The fourth-order valence-electron chi connectivity index (χ4n) is 1.87. The molecule has 0 saturated heterocycles. The first-order valence-electron chi connectivity index (χ1n) is 8.69. The summed E-state index contributed by atoms with van der Waals surface area (Å²) in [7, 11) is -6.79. The van der Waals surface area contributed by atoms with Gasteiger partial charge in [0.1, 0.15) is 5.57 Å². The second-order valence-electron chi connectivity index (χ2n) is 6.38. The van der Waals surface area contributed by atoms with E-state index in [9.17, 15) is 61.9 Å². The van der Waals surface area contributed by atoms with E-state index >= 15 is 0 Å². The van der Waals surface area contributed by atoms with E-state index in [0.29, 0.717) is 0 Å². The highest BCUT2D eigenvalue weighted by atomic mass is 32.2. The number of ether oxygens (including phenoxy) is 2. The topological polar surface area (TPSA) is 119 Å². The lowest BCUT2D eigenvalue weighted by Crippen LogP contribution is -2.62. The third-order valence-corrected chi connectivity index (χ3v) is 4.73. The maximum absolute atomic E-state index is 13.7. The summed E-state index contributed by atoms with van der Waals surface area (Å²) < 4.78 is 169. The Balaban J connectivity index is 6.21. The molecule has 0 spiro atoms. The molecule has 8 nitrogen and oxygen atoms in total. The van der Waals surface area contributed by atoms with Crippen molar-refractivity contribution in [3.8, 4) is 0 Å². The highest BCUT2D eigenvalue weighted by Crippen LogP contribution is 2.42. The largest absolute Gasteiger partial charge is 0.466 e. The number of nitrogens with one attached hydrogen (secondary N) is 1. The van der Waals surface area contributed by atoms with Crippen LogP contribution in [0.1, 0.15) is 26.2 Å². The van der Waals surface area contributed by atoms with Gasteiger partial charge < -0.3 is 14.8 Å². The minimum atomic E-state index is -6.79. The molecule has 0 aromatic heterocycles. The van der Waals surface area contributed by atoms with Gasteiger partial charge in [0.25, 0.3) is 0 Å². The molecule has 0 fully saturated rings. The van der Waals surface area contributed by atoms with Gasteiger partial charge in [0.2, 0.25) is 0 Å². The average molecular weight is 545 g/mol. The second kappa shape index (κ2) is 10.6. The molecule has 0 rings (SSSR count). The number of esters is 1. The fraction of sp³-hybridized carbons (Fsp3) is 0.733. The highest BCUT2D eigenvalue weighted by molar-refractivity contribution is 7.87. The van der Waals surface area contributed by atoms with Crippen LogP contribution >= 0.6 is 0 Å². The Kier molecular flexibility index (Phi) is 9.96. The zero-order chi connectivity index (χ0) is 27.4. The van der Waals surface area contributed by atoms with Crippen LogP contribution in [0.3, 0.4) is 0 Å². The molecule has 200 valence electrons. The first-order valence-corrected chi connectivity index (χ1v) is 10.1. The normalized spacial score (nSPS) is 15.4. The molecule has 0 aromatic rings. The van der Waals surface area contributed by atoms with E-state index in [-0.39, 0.29) is 12.8 Å². The molecule has 19 heteroatoms. The molecule has 0 saturated carbocycles. The number of rotatable bonds is 12. The van der Waals surface area contributed by atoms with Crippen LogP contribution in [0.25, 0.3) is 0 Å². The van der Waals surface area contributed by atoms with E-state index in [4.69, 9.17) is 4.55 Å². The second-order valence-corrected chi connectivity index (χ2v) is 7.85. The van der Waals surface area contributed by atoms with Crippen LogP contribution in [0, 0.1) is 0 Å². The molecule has 0 aliphatic rings. The number of carbonyl (C=O) groups excluding carboxylic acids is 2. The molecule has 0 aromatic carbocycles. The van der Waals surface area contributed by atoms with Gasteiger partial charge in [0, 0.05) is 13.0 Å². The summed E-state index contributed by atoms with van der Waals surface area (Å²) in [5.74, 6) is -16.3. The summed E-state index contributed by atoms with van der Waals surface area (Å²) >= 11 is 0. The third-order valence-electron chi connectivity index (χ3n) is 3.78. The summed E-state index contributed by atoms with van der Waals surface area (Å²) in [5.41, 5.74) is -2.57. The number of unbranched alkanes of at least 4 members (excludes halogenated alkanes) is 1. The van der Waals surface area contributed by atoms with Crippen LogP contribution in [0.15, 0.2) is 12.2 Å². The van der Waals surface area contributed by atoms with Crippen LogP contribution in [0.5, 0.6) is 0 Å². The summed E-state index contributed by atoms with van der Waals surface area (Å²) in [6.45, 7) is 0.694. The van der Waals surface area contributed by atoms with Gasteiger partial charge in [0.05, 0.1) is 6.61 Å². The molecular formula is C15H17F10NO7S. The van der Waals surface area contributed by atoms with E-state index in [0.717, 1.165) is 0 Å². The van der Waals surface area contributed by atoms with E-state index in [1.165, 1.54) is 12.2 Å². The molecule has 34 heavy (non-hydrogen) atoms. The quantitative estimate of drug-likeness (QED) is 0.0965. The smallest absolute Gasteiger partial charge is 0.412 e. The van der Waals surface area contributed by atoms with Crippen molar-refractivity contribution in [1.29, 1.82) is 0 Å². The molecule has 1 unspecified atom stereocenters. The van der Waals surface area contributed by atoms with Gasteiger partial charge in [-0.2, -0.15) is 52.3 Å². The van der Waals surface area contributed by atoms with Crippen molar-refractivity contribution in [3.63, 3.8) is 0 Å². The van der Waals surface area contributed by atoms with Gasteiger partial charge in [-0.05, 0) is 6.42 Å². The van der Waals surface area contributed by atoms with Gasteiger partial charge in [0.15, 0.2) is 0 Å². The molecule has 1 amide bonds. The highest BCUT2D eigenvalue weighted by Gasteiger charge is 2.69. The molecule has 0 aliphatic heterocycles. The molecule has 1 atom stereocenters. The van der Waals surface area contributed by atoms with Crippen LogP contribution in [-0.4, -0.2) is 67.3 Å². The zero-order valence-electron chi connectivity index (χ0n) is 16.8. The average Bonchev–Trinajstić information content (AvgIpc) is 2.63. The summed E-state index contributed by atoms with van der Waals surface area (Å²) in [4.78, 5) is 23.6. The van der Waals surface area contributed by atoms with Crippen molar-refractivity contribution >= 4 is 22.0 Å². The monoisotopic (exact) mass is 545 g/mol. The Bertz CT molecular complexity index is 870. The van der Waals surface area contributed by atoms with Crippen molar-refractivity contribution in [2.75, 3.05) is 13.2 Å². The van der Waals surface area contributed by atoms with Crippen molar-refractivity contribution < 1.29 is 75.9 Å². The minimum Gasteiger partial charge on any atom is -0.412 e. The predicted octanol–water partition coefficient (Wildman–Crippen LogP) is 3.35. The Morgan fingerprint density at radius 3 is 1.88 bits per heavy atom. The fourth-order valence-corrected chi connectivity index (χ4v) is 2.35. The van der Waals surface area contributed by atoms with Gasteiger partial charge in [-0.25, -0.2) is 4.79 Å². The van der Waals surface area contributed by atoms with Crippen LogP contribution in [0.2, 0.25) is 0 Å². The Morgan fingerprint density at radius 2 is 1.50 bits per heavy atom.